The first-order valence-electron chi connectivity index (χ1n) is 5.29. The van der Waals surface area contributed by atoms with Crippen LogP contribution in [0.3, 0.4) is 0 Å². The second-order valence-corrected chi connectivity index (χ2v) is 5.35. The van der Waals surface area contributed by atoms with Gasteiger partial charge in [0.1, 0.15) is 5.82 Å². The third-order valence-corrected chi connectivity index (χ3v) is 3.67. The van der Waals surface area contributed by atoms with Gasteiger partial charge in [0, 0.05) is 3.57 Å². The van der Waals surface area contributed by atoms with Crippen molar-refractivity contribution in [2.24, 2.45) is 0 Å². The molecule has 0 atom stereocenters. The highest BCUT2D eigenvalue weighted by Gasteiger charge is 2.13. The minimum absolute atomic E-state index is 0.352. The van der Waals surface area contributed by atoms with Crippen LogP contribution in [0.4, 0.5) is 15.8 Å². The van der Waals surface area contributed by atoms with E-state index in [9.17, 15) is 9.18 Å². The minimum Gasteiger partial charge on any atom is -0.397 e. The summed E-state index contributed by atoms with van der Waals surface area (Å²) in [5.74, 6) is -0.776. The van der Waals surface area contributed by atoms with Crippen molar-refractivity contribution < 1.29 is 9.18 Å². The van der Waals surface area contributed by atoms with Crippen LogP contribution in [0, 0.1) is 9.39 Å². The van der Waals surface area contributed by atoms with E-state index in [1.807, 2.05) is 22.6 Å². The molecule has 3 nitrogen and oxygen atoms in total. The normalized spacial score (nSPS) is 10.3. The molecule has 0 unspecified atom stereocenters. The van der Waals surface area contributed by atoms with E-state index in [0.717, 1.165) is 0 Å². The number of nitrogens with one attached hydrogen (secondary N) is 1. The number of nitrogens with two attached hydrogens (primary N) is 1. The van der Waals surface area contributed by atoms with Crippen LogP contribution in [-0.4, -0.2) is 5.91 Å². The molecule has 19 heavy (non-hydrogen) atoms. The second kappa shape index (κ2) is 5.75. The Labute approximate surface area is 128 Å². The molecule has 0 aliphatic carbocycles. The summed E-state index contributed by atoms with van der Waals surface area (Å²) in [6.45, 7) is 0. The minimum atomic E-state index is -0.391. The quantitative estimate of drug-likeness (QED) is 0.603. The van der Waals surface area contributed by atoms with E-state index in [1.54, 1.807) is 18.2 Å². The molecule has 0 bridgehead atoms. The van der Waals surface area contributed by atoms with Crippen molar-refractivity contribution in [3.8, 4) is 0 Å². The maximum Gasteiger partial charge on any atom is 0.256 e. The molecule has 3 N–H and O–H groups in total. The first-order valence-corrected chi connectivity index (χ1v) is 6.75. The number of hydrogen-bond acceptors (Lipinski definition) is 2. The summed E-state index contributed by atoms with van der Waals surface area (Å²) in [6.07, 6.45) is 0. The fourth-order valence-electron chi connectivity index (χ4n) is 1.53. The van der Waals surface area contributed by atoms with Crippen LogP contribution in [0.15, 0.2) is 36.4 Å². The topological polar surface area (TPSA) is 55.1 Å². The van der Waals surface area contributed by atoms with Crippen molar-refractivity contribution in [3.63, 3.8) is 0 Å². The molecule has 0 heterocycles. The number of para-hydroxylation sites is 1. The lowest BCUT2D eigenvalue weighted by Gasteiger charge is -2.10. The molecule has 0 aliphatic heterocycles. The number of carbonyl (C=O) groups excluding carboxylic acids is 1. The first-order chi connectivity index (χ1) is 8.99. The fraction of sp³-hybridized carbons (Fsp3) is 0. The highest BCUT2D eigenvalue weighted by Crippen LogP contribution is 2.28. The predicted molar refractivity (Wildman–Crippen MR) is 82.9 cm³/mol. The van der Waals surface area contributed by atoms with Crippen molar-refractivity contribution >= 4 is 51.5 Å². The Hall–Kier alpha value is -1.34. The van der Waals surface area contributed by atoms with Gasteiger partial charge in [-0.15, -0.1) is 0 Å². The van der Waals surface area contributed by atoms with Crippen molar-refractivity contribution in [1.82, 2.24) is 0 Å². The van der Waals surface area contributed by atoms with Crippen molar-refractivity contribution in [2.45, 2.75) is 0 Å². The van der Waals surface area contributed by atoms with Gasteiger partial charge in [0.15, 0.2) is 0 Å². The molecule has 0 aliphatic rings. The summed E-state index contributed by atoms with van der Waals surface area (Å²) in [5, 5.41) is 2.98. The van der Waals surface area contributed by atoms with Crippen molar-refractivity contribution in [2.75, 3.05) is 11.1 Å². The van der Waals surface area contributed by atoms with E-state index in [1.165, 1.54) is 18.2 Å². The first kappa shape index (κ1) is 14.1. The molecule has 2 aromatic rings. The van der Waals surface area contributed by atoms with Gasteiger partial charge in [-0.25, -0.2) is 4.39 Å². The zero-order valence-corrected chi connectivity index (χ0v) is 12.5. The van der Waals surface area contributed by atoms with Gasteiger partial charge >= 0.3 is 0 Å². The third kappa shape index (κ3) is 3.16. The number of carbonyl (C=O) groups is 1. The molecule has 98 valence electrons. The Morgan fingerprint density at radius 2 is 2.05 bits per heavy atom. The number of benzene rings is 2. The molecular weight excluding hydrogens is 382 g/mol. The van der Waals surface area contributed by atoms with Crippen molar-refractivity contribution in [3.05, 3.63) is 56.4 Å². The van der Waals surface area contributed by atoms with E-state index in [4.69, 9.17) is 17.3 Å². The Balaban J connectivity index is 2.31. The van der Waals surface area contributed by atoms with E-state index in [-0.39, 0.29) is 5.91 Å². The number of anilines is 2. The predicted octanol–water partition coefficient (Wildman–Crippen LogP) is 3.92. The molecule has 2 aromatic carbocycles. The standard InChI is InChI=1S/C13H9ClFIN2O/c14-9-2-1-3-11(17)12(9)18-13(19)8-5-4-7(15)6-10(8)16/h1-6H,17H2,(H,18,19). The number of nitrogen functional groups attached to an aromatic ring is 1. The SMILES string of the molecule is Nc1cccc(Cl)c1NC(=O)c1ccc(F)cc1I. The highest BCUT2D eigenvalue weighted by molar-refractivity contribution is 14.1. The van der Waals surface area contributed by atoms with E-state index in [0.29, 0.717) is 25.5 Å². The summed E-state index contributed by atoms with van der Waals surface area (Å²) in [5.41, 5.74) is 6.84. The summed E-state index contributed by atoms with van der Waals surface area (Å²) in [4.78, 5) is 12.1. The average Bonchev–Trinajstić information content (AvgIpc) is 2.33. The van der Waals surface area contributed by atoms with Crippen LogP contribution in [0.5, 0.6) is 0 Å². The van der Waals surface area contributed by atoms with Gasteiger partial charge in [0.05, 0.1) is 22.0 Å². The number of amides is 1. The Morgan fingerprint density at radius 1 is 1.32 bits per heavy atom. The number of halogens is 3. The maximum absolute atomic E-state index is 13.0. The molecule has 0 saturated carbocycles. The monoisotopic (exact) mass is 390 g/mol. The molecule has 0 fully saturated rings. The number of hydrogen-bond donors (Lipinski definition) is 2. The third-order valence-electron chi connectivity index (χ3n) is 2.46. The van der Waals surface area contributed by atoms with Gasteiger partial charge in [-0.1, -0.05) is 17.7 Å². The molecule has 0 spiro atoms. The van der Waals surface area contributed by atoms with Crippen LogP contribution in [0.1, 0.15) is 10.4 Å². The maximum atomic E-state index is 13.0. The molecule has 0 aromatic heterocycles. The van der Waals surface area contributed by atoms with Gasteiger partial charge in [-0.3, -0.25) is 4.79 Å². The second-order valence-electron chi connectivity index (χ2n) is 3.78. The molecule has 1 amide bonds. The zero-order valence-electron chi connectivity index (χ0n) is 9.58. The highest BCUT2D eigenvalue weighted by atomic mass is 127. The molecule has 2 rings (SSSR count). The lowest BCUT2D eigenvalue weighted by molar-refractivity contribution is 0.102. The summed E-state index contributed by atoms with van der Waals surface area (Å²) in [6, 6.07) is 8.88. The van der Waals surface area contributed by atoms with Crippen LogP contribution < -0.4 is 11.1 Å². The molecular formula is C13H9ClFIN2O. The van der Waals surface area contributed by atoms with Gasteiger partial charge in [-0.05, 0) is 52.9 Å². The summed E-state index contributed by atoms with van der Waals surface area (Å²) in [7, 11) is 0. The smallest absolute Gasteiger partial charge is 0.256 e. The van der Waals surface area contributed by atoms with Crippen LogP contribution in [0.25, 0.3) is 0 Å². The number of rotatable bonds is 2. The lowest BCUT2D eigenvalue weighted by Crippen LogP contribution is -2.15. The van der Waals surface area contributed by atoms with Crippen LogP contribution in [-0.2, 0) is 0 Å². The van der Waals surface area contributed by atoms with Crippen LogP contribution >= 0.6 is 34.2 Å². The average molecular weight is 391 g/mol. The fourth-order valence-corrected chi connectivity index (χ4v) is 2.48. The van der Waals surface area contributed by atoms with E-state index < -0.39 is 5.82 Å². The largest absolute Gasteiger partial charge is 0.397 e. The Morgan fingerprint density at radius 3 is 2.68 bits per heavy atom. The zero-order chi connectivity index (χ0) is 14.0. The molecule has 6 heteroatoms. The van der Waals surface area contributed by atoms with E-state index >= 15 is 0 Å². The van der Waals surface area contributed by atoms with Gasteiger partial charge < -0.3 is 11.1 Å². The van der Waals surface area contributed by atoms with Crippen molar-refractivity contribution in [1.29, 1.82) is 0 Å². The van der Waals surface area contributed by atoms with Gasteiger partial charge in [0.2, 0.25) is 0 Å². The Kier molecular flexibility index (Phi) is 4.26. The molecule has 0 radical (unpaired) electrons. The van der Waals surface area contributed by atoms with Gasteiger partial charge in [-0.2, -0.15) is 0 Å². The Bertz CT molecular complexity index is 628. The summed E-state index contributed by atoms with van der Waals surface area (Å²) < 4.78 is 13.5. The van der Waals surface area contributed by atoms with Crippen LogP contribution in [0.2, 0.25) is 5.02 Å². The lowest BCUT2D eigenvalue weighted by atomic mass is 10.2. The molecule has 0 saturated heterocycles. The summed E-state index contributed by atoms with van der Waals surface area (Å²) >= 11 is 7.87. The van der Waals surface area contributed by atoms with E-state index in [2.05, 4.69) is 5.32 Å². The van der Waals surface area contributed by atoms with Gasteiger partial charge in [0.25, 0.3) is 5.91 Å².